The van der Waals surface area contributed by atoms with Crippen LogP contribution in [0, 0.1) is 0 Å². The zero-order valence-corrected chi connectivity index (χ0v) is 9.91. The first kappa shape index (κ1) is 11.4. The minimum atomic E-state index is 0.535. The lowest BCUT2D eigenvalue weighted by atomic mass is 10.1. The first-order valence-electron chi connectivity index (χ1n) is 5.91. The molecule has 1 heterocycles. The van der Waals surface area contributed by atoms with Gasteiger partial charge in [0.2, 0.25) is 0 Å². The van der Waals surface area contributed by atoms with Gasteiger partial charge in [-0.25, -0.2) is 0 Å². The van der Waals surface area contributed by atoms with E-state index in [1.165, 1.54) is 31.5 Å². The van der Waals surface area contributed by atoms with Crippen LogP contribution in [0.3, 0.4) is 0 Å². The molecule has 0 radical (unpaired) electrons. The van der Waals surface area contributed by atoms with Gasteiger partial charge in [-0.1, -0.05) is 12.1 Å². The van der Waals surface area contributed by atoms with Crippen molar-refractivity contribution in [2.45, 2.75) is 25.9 Å². The molecule has 3 heteroatoms. The lowest BCUT2D eigenvalue weighted by Gasteiger charge is -2.16. The van der Waals surface area contributed by atoms with Crippen molar-refractivity contribution < 1.29 is 4.74 Å². The molecular formula is C13H20N2O. The van der Waals surface area contributed by atoms with Gasteiger partial charge < -0.3 is 10.5 Å². The number of likely N-dealkylation sites (tertiary alicyclic amines) is 1. The molecule has 0 amide bonds. The highest BCUT2D eigenvalue weighted by molar-refractivity contribution is 5.37. The number of hydrogen-bond acceptors (Lipinski definition) is 3. The fourth-order valence-corrected chi connectivity index (χ4v) is 2.25. The highest BCUT2D eigenvalue weighted by atomic mass is 16.5. The first-order chi connectivity index (χ1) is 7.83. The average molecular weight is 220 g/mol. The molecule has 0 spiro atoms. The summed E-state index contributed by atoms with van der Waals surface area (Å²) in [5.41, 5.74) is 8.04. The minimum absolute atomic E-state index is 0.535. The van der Waals surface area contributed by atoms with Crippen LogP contribution >= 0.6 is 0 Å². The summed E-state index contributed by atoms with van der Waals surface area (Å²) in [6.07, 6.45) is 2.66. The Hall–Kier alpha value is -1.06. The van der Waals surface area contributed by atoms with E-state index in [0.717, 1.165) is 17.9 Å². The van der Waals surface area contributed by atoms with Crippen molar-refractivity contribution in [1.82, 2.24) is 4.90 Å². The SMILES string of the molecule is COc1cc(CN2CCCC2)ccc1CN. The van der Waals surface area contributed by atoms with Crippen LogP contribution in [-0.4, -0.2) is 25.1 Å². The van der Waals surface area contributed by atoms with Crippen LogP contribution < -0.4 is 10.5 Å². The van der Waals surface area contributed by atoms with Gasteiger partial charge in [-0.05, 0) is 37.6 Å². The van der Waals surface area contributed by atoms with Gasteiger partial charge in [-0.15, -0.1) is 0 Å². The molecule has 16 heavy (non-hydrogen) atoms. The molecule has 3 nitrogen and oxygen atoms in total. The van der Waals surface area contributed by atoms with E-state index in [4.69, 9.17) is 10.5 Å². The number of benzene rings is 1. The van der Waals surface area contributed by atoms with Crippen molar-refractivity contribution in [2.75, 3.05) is 20.2 Å². The second kappa shape index (κ2) is 5.32. The molecule has 1 saturated heterocycles. The topological polar surface area (TPSA) is 38.5 Å². The summed E-state index contributed by atoms with van der Waals surface area (Å²) in [6, 6.07) is 6.34. The third-order valence-corrected chi connectivity index (χ3v) is 3.18. The largest absolute Gasteiger partial charge is 0.496 e. The number of ether oxygens (including phenoxy) is 1. The highest BCUT2D eigenvalue weighted by Crippen LogP contribution is 2.21. The Morgan fingerprint density at radius 3 is 2.69 bits per heavy atom. The standard InChI is InChI=1S/C13H20N2O/c1-16-13-8-11(4-5-12(13)9-14)10-15-6-2-3-7-15/h4-5,8H,2-3,6-7,9-10,14H2,1H3. The van der Waals surface area contributed by atoms with E-state index in [2.05, 4.69) is 23.1 Å². The van der Waals surface area contributed by atoms with Crippen molar-refractivity contribution in [1.29, 1.82) is 0 Å². The fourth-order valence-electron chi connectivity index (χ4n) is 2.25. The summed E-state index contributed by atoms with van der Waals surface area (Å²) in [7, 11) is 1.70. The molecule has 1 fully saturated rings. The van der Waals surface area contributed by atoms with Gasteiger partial charge in [0.25, 0.3) is 0 Å². The van der Waals surface area contributed by atoms with E-state index < -0.39 is 0 Å². The van der Waals surface area contributed by atoms with Crippen molar-refractivity contribution >= 4 is 0 Å². The lowest BCUT2D eigenvalue weighted by Crippen LogP contribution is -2.18. The minimum Gasteiger partial charge on any atom is -0.496 e. The maximum Gasteiger partial charge on any atom is 0.123 e. The van der Waals surface area contributed by atoms with Crippen molar-refractivity contribution in [3.63, 3.8) is 0 Å². The van der Waals surface area contributed by atoms with Gasteiger partial charge in [0.1, 0.15) is 5.75 Å². The van der Waals surface area contributed by atoms with Gasteiger partial charge >= 0.3 is 0 Å². The molecular weight excluding hydrogens is 200 g/mol. The number of methoxy groups -OCH3 is 1. The van der Waals surface area contributed by atoms with E-state index in [-0.39, 0.29) is 0 Å². The van der Waals surface area contributed by atoms with Crippen LogP contribution in [0.4, 0.5) is 0 Å². The number of nitrogens with zero attached hydrogens (tertiary/aromatic N) is 1. The van der Waals surface area contributed by atoms with Gasteiger partial charge in [-0.3, -0.25) is 4.90 Å². The Balaban J connectivity index is 2.09. The quantitative estimate of drug-likeness (QED) is 0.840. The van der Waals surface area contributed by atoms with Gasteiger partial charge in [0, 0.05) is 18.7 Å². The predicted molar refractivity (Wildman–Crippen MR) is 65.4 cm³/mol. The van der Waals surface area contributed by atoms with Crippen LogP contribution in [0.2, 0.25) is 0 Å². The normalized spacial score (nSPS) is 16.6. The smallest absolute Gasteiger partial charge is 0.123 e. The van der Waals surface area contributed by atoms with Gasteiger partial charge in [-0.2, -0.15) is 0 Å². The summed E-state index contributed by atoms with van der Waals surface area (Å²) in [5, 5.41) is 0. The van der Waals surface area contributed by atoms with Crippen LogP contribution in [0.5, 0.6) is 5.75 Å². The van der Waals surface area contributed by atoms with Crippen LogP contribution in [-0.2, 0) is 13.1 Å². The molecule has 2 rings (SSSR count). The Kier molecular flexibility index (Phi) is 3.80. The number of hydrogen-bond donors (Lipinski definition) is 1. The van der Waals surface area contributed by atoms with E-state index in [1.807, 2.05) is 0 Å². The zero-order chi connectivity index (χ0) is 11.4. The molecule has 1 aromatic rings. The fraction of sp³-hybridized carbons (Fsp3) is 0.538. The summed E-state index contributed by atoms with van der Waals surface area (Å²) >= 11 is 0. The molecule has 1 aromatic carbocycles. The molecule has 88 valence electrons. The third kappa shape index (κ3) is 2.54. The highest BCUT2D eigenvalue weighted by Gasteiger charge is 2.12. The van der Waals surface area contributed by atoms with Crippen LogP contribution in [0.25, 0.3) is 0 Å². The molecule has 0 atom stereocenters. The molecule has 2 N–H and O–H groups in total. The van der Waals surface area contributed by atoms with Crippen molar-refractivity contribution in [2.24, 2.45) is 5.73 Å². The molecule has 0 saturated carbocycles. The maximum atomic E-state index is 5.65. The number of nitrogens with two attached hydrogens (primary N) is 1. The summed E-state index contributed by atoms with van der Waals surface area (Å²) in [4.78, 5) is 2.48. The summed E-state index contributed by atoms with van der Waals surface area (Å²) < 4.78 is 5.34. The Labute approximate surface area is 97.2 Å². The predicted octanol–water partition coefficient (Wildman–Crippen LogP) is 1.75. The summed E-state index contributed by atoms with van der Waals surface area (Å²) in [5.74, 6) is 0.916. The van der Waals surface area contributed by atoms with Crippen molar-refractivity contribution in [3.05, 3.63) is 29.3 Å². The molecule has 1 aliphatic rings. The molecule has 0 bridgehead atoms. The third-order valence-electron chi connectivity index (χ3n) is 3.18. The Bertz CT molecular complexity index is 346. The van der Waals surface area contributed by atoms with E-state index >= 15 is 0 Å². The average Bonchev–Trinajstić information content (AvgIpc) is 2.81. The lowest BCUT2D eigenvalue weighted by molar-refractivity contribution is 0.330. The van der Waals surface area contributed by atoms with E-state index in [0.29, 0.717) is 6.54 Å². The van der Waals surface area contributed by atoms with E-state index in [1.54, 1.807) is 7.11 Å². The van der Waals surface area contributed by atoms with Crippen molar-refractivity contribution in [3.8, 4) is 5.75 Å². The second-order valence-corrected chi connectivity index (χ2v) is 4.33. The van der Waals surface area contributed by atoms with E-state index in [9.17, 15) is 0 Å². The molecule has 0 aromatic heterocycles. The Morgan fingerprint density at radius 2 is 2.06 bits per heavy atom. The maximum absolute atomic E-state index is 5.65. The second-order valence-electron chi connectivity index (χ2n) is 4.33. The first-order valence-corrected chi connectivity index (χ1v) is 5.91. The van der Waals surface area contributed by atoms with Gasteiger partial charge in [0.15, 0.2) is 0 Å². The summed E-state index contributed by atoms with van der Waals surface area (Å²) in [6.45, 7) is 4.01. The van der Waals surface area contributed by atoms with Gasteiger partial charge in [0.05, 0.1) is 7.11 Å². The molecule has 1 aliphatic heterocycles. The molecule has 0 unspecified atom stereocenters. The monoisotopic (exact) mass is 220 g/mol. The molecule has 0 aliphatic carbocycles. The zero-order valence-electron chi connectivity index (χ0n) is 9.91. The Morgan fingerprint density at radius 1 is 1.31 bits per heavy atom. The number of rotatable bonds is 4. The van der Waals surface area contributed by atoms with Crippen LogP contribution in [0.15, 0.2) is 18.2 Å². The van der Waals surface area contributed by atoms with Crippen LogP contribution in [0.1, 0.15) is 24.0 Å².